The zero-order valence-electron chi connectivity index (χ0n) is 12.5. The van der Waals surface area contributed by atoms with Gasteiger partial charge in [-0.2, -0.15) is 0 Å². The van der Waals surface area contributed by atoms with Gasteiger partial charge in [0, 0.05) is 19.5 Å². The minimum absolute atomic E-state index is 0.163. The predicted molar refractivity (Wildman–Crippen MR) is 81.5 cm³/mol. The van der Waals surface area contributed by atoms with Gasteiger partial charge in [-0.3, -0.25) is 15.2 Å². The highest BCUT2D eigenvalue weighted by molar-refractivity contribution is 7.89. The minimum Gasteiger partial charge on any atom is -0.377 e. The van der Waals surface area contributed by atoms with Gasteiger partial charge in [0.25, 0.3) is 5.91 Å². The Kier molecular flexibility index (Phi) is 5.49. The first-order chi connectivity index (χ1) is 10.5. The largest absolute Gasteiger partial charge is 0.377 e. The molecule has 0 spiro atoms. The molecule has 1 aromatic rings. The predicted octanol–water partition coefficient (Wildman–Crippen LogP) is 0.995. The Morgan fingerprint density at radius 2 is 2.09 bits per heavy atom. The normalized spacial score (nSPS) is 17.9. The van der Waals surface area contributed by atoms with Gasteiger partial charge in [-0.25, -0.2) is 8.42 Å². The molecule has 1 saturated carbocycles. The second-order valence-electron chi connectivity index (χ2n) is 5.50. The highest BCUT2D eigenvalue weighted by Crippen LogP contribution is 2.32. The molecule has 0 bridgehead atoms. The number of nitrogens with one attached hydrogen (secondary N) is 2. The number of nitrogens with zero attached hydrogens (tertiary/aromatic N) is 1. The fraction of sp³-hybridized carbons (Fsp3) is 0.571. The number of aromatic nitrogens is 1. The summed E-state index contributed by atoms with van der Waals surface area (Å²) >= 11 is 0. The lowest BCUT2D eigenvalue weighted by Crippen LogP contribution is -2.49. The standard InChI is InChI=1S/C14H21N3O4S/c1-21-14(7-3-2-4-8-14)11-22(19,20)17-16-13(18)12-6-5-9-15-10-12/h5-6,9-10,17H,2-4,7-8,11H2,1H3,(H,16,18). The van der Waals surface area contributed by atoms with E-state index in [0.29, 0.717) is 12.8 Å². The molecule has 0 atom stereocenters. The van der Waals surface area contributed by atoms with Crippen LogP contribution in [0.4, 0.5) is 0 Å². The van der Waals surface area contributed by atoms with Gasteiger partial charge in [0.2, 0.25) is 10.0 Å². The Morgan fingerprint density at radius 3 is 2.68 bits per heavy atom. The van der Waals surface area contributed by atoms with Crippen LogP contribution < -0.4 is 10.3 Å². The van der Waals surface area contributed by atoms with Crippen molar-refractivity contribution in [1.29, 1.82) is 0 Å². The van der Waals surface area contributed by atoms with Gasteiger partial charge in [0.05, 0.1) is 16.9 Å². The Balaban J connectivity index is 1.95. The van der Waals surface area contributed by atoms with E-state index in [-0.39, 0.29) is 11.3 Å². The number of amides is 1. The number of methoxy groups -OCH3 is 1. The molecule has 1 aliphatic carbocycles. The molecular weight excluding hydrogens is 306 g/mol. The van der Waals surface area contributed by atoms with Crippen molar-refractivity contribution in [2.75, 3.05) is 12.9 Å². The van der Waals surface area contributed by atoms with Crippen LogP contribution in [-0.2, 0) is 14.8 Å². The van der Waals surface area contributed by atoms with E-state index < -0.39 is 21.5 Å². The summed E-state index contributed by atoms with van der Waals surface area (Å²) in [7, 11) is -2.15. The minimum atomic E-state index is -3.68. The van der Waals surface area contributed by atoms with Gasteiger partial charge in [-0.15, -0.1) is 4.83 Å². The summed E-state index contributed by atoms with van der Waals surface area (Å²) in [6.45, 7) is 0. The van der Waals surface area contributed by atoms with Crippen molar-refractivity contribution >= 4 is 15.9 Å². The van der Waals surface area contributed by atoms with Gasteiger partial charge < -0.3 is 4.74 Å². The van der Waals surface area contributed by atoms with Gasteiger partial charge in [0.1, 0.15) is 0 Å². The van der Waals surface area contributed by atoms with E-state index in [2.05, 4.69) is 15.2 Å². The zero-order valence-corrected chi connectivity index (χ0v) is 13.4. The molecule has 122 valence electrons. The molecule has 1 aliphatic rings. The Labute approximate surface area is 130 Å². The van der Waals surface area contributed by atoms with Crippen molar-refractivity contribution in [3.8, 4) is 0 Å². The van der Waals surface area contributed by atoms with Crippen LogP contribution in [0.15, 0.2) is 24.5 Å². The van der Waals surface area contributed by atoms with Crippen molar-refractivity contribution in [3.05, 3.63) is 30.1 Å². The molecule has 0 aliphatic heterocycles. The highest BCUT2D eigenvalue weighted by atomic mass is 32.2. The van der Waals surface area contributed by atoms with Crippen molar-refractivity contribution in [2.45, 2.75) is 37.7 Å². The first kappa shape index (κ1) is 16.9. The Bertz CT molecular complexity index is 598. The Hall–Kier alpha value is -1.51. The molecule has 22 heavy (non-hydrogen) atoms. The number of carbonyl (C=O) groups is 1. The van der Waals surface area contributed by atoms with E-state index in [4.69, 9.17) is 4.74 Å². The van der Waals surface area contributed by atoms with E-state index in [1.165, 1.54) is 19.5 Å². The van der Waals surface area contributed by atoms with Crippen LogP contribution in [0.2, 0.25) is 0 Å². The molecule has 8 heteroatoms. The van der Waals surface area contributed by atoms with E-state index in [1.54, 1.807) is 12.1 Å². The van der Waals surface area contributed by atoms with Crippen molar-refractivity contribution in [1.82, 2.24) is 15.2 Å². The zero-order chi connectivity index (χ0) is 16.1. The third kappa shape index (κ3) is 4.49. The van der Waals surface area contributed by atoms with Gasteiger partial charge in [-0.1, -0.05) is 19.3 Å². The highest BCUT2D eigenvalue weighted by Gasteiger charge is 2.37. The molecule has 1 aromatic heterocycles. The molecule has 0 aromatic carbocycles. The lowest BCUT2D eigenvalue weighted by atomic mass is 9.86. The Morgan fingerprint density at radius 1 is 1.36 bits per heavy atom. The SMILES string of the molecule is COC1(CS(=O)(=O)NNC(=O)c2cccnc2)CCCCC1. The van der Waals surface area contributed by atoms with Crippen LogP contribution in [0.3, 0.4) is 0 Å². The molecule has 1 amide bonds. The van der Waals surface area contributed by atoms with Gasteiger partial charge in [0.15, 0.2) is 0 Å². The second kappa shape index (κ2) is 7.17. The van der Waals surface area contributed by atoms with E-state index in [9.17, 15) is 13.2 Å². The third-order valence-corrected chi connectivity index (χ3v) is 5.21. The van der Waals surface area contributed by atoms with Gasteiger partial charge >= 0.3 is 0 Å². The molecule has 2 N–H and O–H groups in total. The van der Waals surface area contributed by atoms with Crippen LogP contribution in [0.1, 0.15) is 42.5 Å². The molecular formula is C14H21N3O4S. The average Bonchev–Trinajstić information content (AvgIpc) is 2.54. The number of hydrogen-bond donors (Lipinski definition) is 2. The average molecular weight is 327 g/mol. The van der Waals surface area contributed by atoms with Gasteiger partial charge in [-0.05, 0) is 25.0 Å². The quantitative estimate of drug-likeness (QED) is 0.760. The fourth-order valence-corrected chi connectivity index (χ4v) is 4.10. The number of rotatable bonds is 6. The summed E-state index contributed by atoms with van der Waals surface area (Å²) < 4.78 is 29.8. The van der Waals surface area contributed by atoms with Crippen LogP contribution in [0, 0.1) is 0 Å². The number of carbonyl (C=O) groups excluding carboxylic acids is 1. The molecule has 7 nitrogen and oxygen atoms in total. The summed E-state index contributed by atoms with van der Waals surface area (Å²) in [4.78, 5) is 17.8. The van der Waals surface area contributed by atoms with Crippen molar-refractivity contribution < 1.29 is 17.9 Å². The lowest BCUT2D eigenvalue weighted by Gasteiger charge is -2.35. The molecule has 0 saturated heterocycles. The van der Waals surface area contributed by atoms with E-state index in [1.807, 2.05) is 0 Å². The summed E-state index contributed by atoms with van der Waals surface area (Å²) in [5, 5.41) is 0. The monoisotopic (exact) mass is 327 g/mol. The lowest BCUT2D eigenvalue weighted by molar-refractivity contribution is -0.0204. The molecule has 0 unspecified atom stereocenters. The topological polar surface area (TPSA) is 97.4 Å². The maximum absolute atomic E-state index is 12.2. The molecule has 1 fully saturated rings. The first-order valence-corrected chi connectivity index (χ1v) is 8.87. The number of pyridine rings is 1. The number of hydrogen-bond acceptors (Lipinski definition) is 5. The molecule has 0 radical (unpaired) electrons. The van der Waals surface area contributed by atoms with Crippen LogP contribution >= 0.6 is 0 Å². The summed E-state index contributed by atoms with van der Waals surface area (Å²) in [5.74, 6) is -0.712. The maximum atomic E-state index is 12.2. The first-order valence-electron chi connectivity index (χ1n) is 7.21. The fourth-order valence-electron chi connectivity index (χ4n) is 2.68. The second-order valence-corrected chi connectivity index (χ2v) is 7.23. The maximum Gasteiger partial charge on any atom is 0.267 e. The van der Waals surface area contributed by atoms with E-state index >= 15 is 0 Å². The summed E-state index contributed by atoms with van der Waals surface area (Å²) in [6, 6.07) is 3.15. The van der Waals surface area contributed by atoms with E-state index in [0.717, 1.165) is 19.3 Å². The summed E-state index contributed by atoms with van der Waals surface area (Å²) in [5.41, 5.74) is 1.82. The van der Waals surface area contributed by atoms with Crippen molar-refractivity contribution in [3.63, 3.8) is 0 Å². The van der Waals surface area contributed by atoms with Crippen LogP contribution in [0.5, 0.6) is 0 Å². The smallest absolute Gasteiger partial charge is 0.267 e. The third-order valence-electron chi connectivity index (χ3n) is 3.89. The van der Waals surface area contributed by atoms with Crippen molar-refractivity contribution in [2.24, 2.45) is 0 Å². The number of hydrazine groups is 1. The number of ether oxygens (including phenoxy) is 1. The summed E-state index contributed by atoms with van der Waals surface area (Å²) in [6.07, 6.45) is 7.31. The van der Waals surface area contributed by atoms with Crippen LogP contribution in [-0.4, -0.2) is 37.8 Å². The molecule has 1 heterocycles. The van der Waals surface area contributed by atoms with Crippen LogP contribution in [0.25, 0.3) is 0 Å². The molecule has 2 rings (SSSR count). The number of sulfonamides is 1.